The molecule has 0 bridgehead atoms. The molecule has 0 unspecified atom stereocenters. The molecule has 0 aromatic rings. The standard InChI is InChI=1S/C18H38N2/c1-5-6-7-8-9-10-11-12-13-14-15-20-17(4)18(19)16(2)3/h16,18,20H,4-15,19H2,1-3H3/t18-/m0/s1. The van der Waals surface area contributed by atoms with Crippen LogP contribution in [0.4, 0.5) is 0 Å². The summed E-state index contributed by atoms with van der Waals surface area (Å²) in [6.07, 6.45) is 13.8. The molecule has 0 aromatic carbocycles. The molecule has 0 saturated carbocycles. The third kappa shape index (κ3) is 11.3. The summed E-state index contributed by atoms with van der Waals surface area (Å²) in [6.45, 7) is 11.6. The molecule has 0 aliphatic carbocycles. The van der Waals surface area contributed by atoms with Crippen LogP contribution in [0.5, 0.6) is 0 Å². The molecule has 0 radical (unpaired) electrons. The highest BCUT2D eigenvalue weighted by molar-refractivity contribution is 5.02. The Kier molecular flexibility index (Phi) is 13.1. The Morgan fingerprint density at radius 2 is 1.35 bits per heavy atom. The fourth-order valence-electron chi connectivity index (χ4n) is 2.38. The Bertz CT molecular complexity index is 223. The third-order valence-corrected chi connectivity index (χ3v) is 4.00. The topological polar surface area (TPSA) is 38.0 Å². The lowest BCUT2D eigenvalue weighted by Gasteiger charge is -2.19. The van der Waals surface area contributed by atoms with Crippen molar-refractivity contribution in [1.82, 2.24) is 5.32 Å². The fraction of sp³-hybridized carbons (Fsp3) is 0.889. The predicted molar refractivity (Wildman–Crippen MR) is 91.8 cm³/mol. The van der Waals surface area contributed by atoms with Crippen LogP contribution in [-0.2, 0) is 0 Å². The summed E-state index contributed by atoms with van der Waals surface area (Å²) < 4.78 is 0. The fourth-order valence-corrected chi connectivity index (χ4v) is 2.38. The summed E-state index contributed by atoms with van der Waals surface area (Å²) in [5.41, 5.74) is 7.02. The molecule has 2 nitrogen and oxygen atoms in total. The average Bonchev–Trinajstić information content (AvgIpc) is 2.43. The molecule has 20 heavy (non-hydrogen) atoms. The molecule has 0 spiro atoms. The van der Waals surface area contributed by atoms with Crippen LogP contribution >= 0.6 is 0 Å². The molecule has 1 atom stereocenters. The van der Waals surface area contributed by atoms with Gasteiger partial charge in [0.1, 0.15) is 0 Å². The van der Waals surface area contributed by atoms with Crippen LogP contribution in [0.3, 0.4) is 0 Å². The predicted octanol–water partition coefficient (Wildman–Crippen LogP) is 4.99. The zero-order chi connectivity index (χ0) is 15.2. The van der Waals surface area contributed by atoms with Crippen LogP contribution in [0.15, 0.2) is 12.3 Å². The first-order valence-electron chi connectivity index (χ1n) is 8.77. The molecule has 0 rings (SSSR count). The monoisotopic (exact) mass is 282 g/mol. The second-order valence-corrected chi connectivity index (χ2v) is 6.40. The highest BCUT2D eigenvalue weighted by atomic mass is 14.9. The third-order valence-electron chi connectivity index (χ3n) is 4.00. The Hall–Kier alpha value is -0.500. The van der Waals surface area contributed by atoms with Gasteiger partial charge in [0.05, 0.1) is 0 Å². The van der Waals surface area contributed by atoms with Crippen LogP contribution in [0.1, 0.15) is 85.0 Å². The lowest BCUT2D eigenvalue weighted by Crippen LogP contribution is -2.35. The van der Waals surface area contributed by atoms with Gasteiger partial charge in [-0.05, 0) is 12.3 Å². The minimum atomic E-state index is 0.0816. The Labute approximate surface area is 127 Å². The minimum Gasteiger partial charge on any atom is -0.388 e. The zero-order valence-electron chi connectivity index (χ0n) is 14.2. The summed E-state index contributed by atoms with van der Waals surface area (Å²) >= 11 is 0. The number of nitrogens with two attached hydrogens (primary N) is 1. The first kappa shape index (κ1) is 19.5. The van der Waals surface area contributed by atoms with Crippen molar-refractivity contribution in [3.63, 3.8) is 0 Å². The van der Waals surface area contributed by atoms with Crippen molar-refractivity contribution in [2.75, 3.05) is 6.54 Å². The van der Waals surface area contributed by atoms with E-state index in [1.807, 2.05) is 0 Å². The Morgan fingerprint density at radius 1 is 0.900 bits per heavy atom. The van der Waals surface area contributed by atoms with Gasteiger partial charge in [-0.3, -0.25) is 0 Å². The van der Waals surface area contributed by atoms with Gasteiger partial charge in [-0.25, -0.2) is 0 Å². The van der Waals surface area contributed by atoms with E-state index in [2.05, 4.69) is 32.7 Å². The van der Waals surface area contributed by atoms with Crippen LogP contribution in [0.2, 0.25) is 0 Å². The molecule has 3 N–H and O–H groups in total. The van der Waals surface area contributed by atoms with Gasteiger partial charge in [0, 0.05) is 18.3 Å². The van der Waals surface area contributed by atoms with Gasteiger partial charge in [-0.1, -0.05) is 85.1 Å². The minimum absolute atomic E-state index is 0.0816. The van der Waals surface area contributed by atoms with Gasteiger partial charge in [0.15, 0.2) is 0 Å². The van der Waals surface area contributed by atoms with E-state index in [9.17, 15) is 0 Å². The van der Waals surface area contributed by atoms with Crippen molar-refractivity contribution in [3.8, 4) is 0 Å². The van der Waals surface area contributed by atoms with Crippen molar-refractivity contribution >= 4 is 0 Å². The Morgan fingerprint density at radius 3 is 1.80 bits per heavy atom. The number of hydrogen-bond acceptors (Lipinski definition) is 2. The maximum atomic E-state index is 6.03. The van der Waals surface area contributed by atoms with E-state index in [1.54, 1.807) is 0 Å². The maximum absolute atomic E-state index is 6.03. The SMILES string of the molecule is C=C(NCCCCCCCCCCCC)[C@@H](N)C(C)C. The highest BCUT2D eigenvalue weighted by Gasteiger charge is 2.10. The summed E-state index contributed by atoms with van der Waals surface area (Å²) in [4.78, 5) is 0. The van der Waals surface area contributed by atoms with Crippen molar-refractivity contribution < 1.29 is 0 Å². The first-order valence-corrected chi connectivity index (χ1v) is 8.77. The second kappa shape index (κ2) is 13.5. The quantitative estimate of drug-likeness (QED) is 0.440. The van der Waals surface area contributed by atoms with Crippen LogP contribution in [-0.4, -0.2) is 12.6 Å². The normalized spacial score (nSPS) is 12.7. The molecule has 0 amide bonds. The lowest BCUT2D eigenvalue weighted by atomic mass is 10.0. The van der Waals surface area contributed by atoms with Crippen molar-refractivity contribution in [1.29, 1.82) is 0 Å². The number of nitrogens with one attached hydrogen (secondary N) is 1. The van der Waals surface area contributed by atoms with Crippen LogP contribution < -0.4 is 11.1 Å². The largest absolute Gasteiger partial charge is 0.388 e. The number of hydrogen-bond donors (Lipinski definition) is 2. The number of rotatable bonds is 14. The van der Waals surface area contributed by atoms with Gasteiger partial charge in [-0.15, -0.1) is 0 Å². The van der Waals surface area contributed by atoms with Gasteiger partial charge >= 0.3 is 0 Å². The van der Waals surface area contributed by atoms with Crippen LogP contribution in [0.25, 0.3) is 0 Å². The van der Waals surface area contributed by atoms with Crippen molar-refractivity contribution in [3.05, 3.63) is 12.3 Å². The van der Waals surface area contributed by atoms with Crippen molar-refractivity contribution in [2.24, 2.45) is 11.7 Å². The molecule has 0 saturated heterocycles. The van der Waals surface area contributed by atoms with Crippen LogP contribution in [0, 0.1) is 5.92 Å². The van der Waals surface area contributed by atoms with E-state index < -0.39 is 0 Å². The lowest BCUT2D eigenvalue weighted by molar-refractivity contribution is 0.507. The molecule has 120 valence electrons. The van der Waals surface area contributed by atoms with E-state index in [0.29, 0.717) is 5.92 Å². The van der Waals surface area contributed by atoms with E-state index in [1.165, 1.54) is 64.2 Å². The van der Waals surface area contributed by atoms with Gasteiger partial charge < -0.3 is 11.1 Å². The maximum Gasteiger partial charge on any atom is 0.0461 e. The van der Waals surface area contributed by atoms with Gasteiger partial charge in [-0.2, -0.15) is 0 Å². The van der Waals surface area contributed by atoms with E-state index >= 15 is 0 Å². The summed E-state index contributed by atoms with van der Waals surface area (Å²) in [5, 5.41) is 3.37. The smallest absolute Gasteiger partial charge is 0.0461 e. The molecule has 0 aliphatic heterocycles. The first-order chi connectivity index (χ1) is 9.59. The molecular formula is C18H38N2. The number of unbranched alkanes of at least 4 members (excludes halogenated alkanes) is 9. The molecule has 2 heteroatoms. The molecule has 0 aromatic heterocycles. The van der Waals surface area contributed by atoms with E-state index in [-0.39, 0.29) is 6.04 Å². The molecule has 0 heterocycles. The highest BCUT2D eigenvalue weighted by Crippen LogP contribution is 2.10. The Balaban J connectivity index is 3.23. The molecule has 0 fully saturated rings. The van der Waals surface area contributed by atoms with Crippen molar-refractivity contribution in [2.45, 2.75) is 91.0 Å². The summed E-state index contributed by atoms with van der Waals surface area (Å²) in [5.74, 6) is 0.461. The molecule has 0 aliphatic rings. The second-order valence-electron chi connectivity index (χ2n) is 6.40. The molecular weight excluding hydrogens is 244 g/mol. The summed E-state index contributed by atoms with van der Waals surface area (Å²) in [7, 11) is 0. The van der Waals surface area contributed by atoms with E-state index in [0.717, 1.165) is 12.2 Å². The van der Waals surface area contributed by atoms with E-state index in [4.69, 9.17) is 5.73 Å². The van der Waals surface area contributed by atoms with Gasteiger partial charge in [0.25, 0.3) is 0 Å². The summed E-state index contributed by atoms with van der Waals surface area (Å²) in [6, 6.07) is 0.0816. The van der Waals surface area contributed by atoms with Gasteiger partial charge in [0.2, 0.25) is 0 Å². The zero-order valence-corrected chi connectivity index (χ0v) is 14.2. The average molecular weight is 283 g/mol.